The fraction of sp³-hybridized carbons (Fsp3) is 0.593. The van der Waals surface area contributed by atoms with Crippen LogP contribution in [-0.2, 0) is 0 Å². The van der Waals surface area contributed by atoms with Crippen LogP contribution in [0.3, 0.4) is 0 Å². The summed E-state index contributed by atoms with van der Waals surface area (Å²) < 4.78 is 40.2. The topological polar surface area (TPSA) is 86.5 Å². The summed E-state index contributed by atoms with van der Waals surface area (Å²) in [6.45, 7) is 1.47. The molecule has 6 rings (SSSR count). The summed E-state index contributed by atoms with van der Waals surface area (Å²) in [6.07, 6.45) is 2.30. The van der Waals surface area contributed by atoms with Crippen LogP contribution in [0.1, 0.15) is 44.6 Å². The van der Waals surface area contributed by atoms with E-state index < -0.39 is 12.7 Å². The minimum Gasteiger partial charge on any atom is -0.393 e. The van der Waals surface area contributed by atoms with Crippen LogP contribution in [0, 0.1) is 5.92 Å². The van der Waals surface area contributed by atoms with E-state index in [2.05, 4.69) is 10.3 Å². The van der Waals surface area contributed by atoms with Gasteiger partial charge in [0.1, 0.15) is 5.65 Å². The highest BCUT2D eigenvalue weighted by atomic mass is 19.4. The van der Waals surface area contributed by atoms with Gasteiger partial charge in [-0.2, -0.15) is 18.2 Å². The standard InChI is InChI=1S/C27H33F3N6O2/c28-27(29,30)16-34-9-11-35(12-10-34)19-5-8-21-22(13-19)25(38)36(18-3-6-20(37)7-4-18)24-23(21)15-32-26(33-24)31-14-17-1-2-17/h5,8,13,15,17-18,20,37H,1-4,6-7,9-12,14,16H2,(H,31,32,33)/t18-,20-. The number of anilines is 2. The second-order valence-electron chi connectivity index (χ2n) is 11.0. The van der Waals surface area contributed by atoms with E-state index in [0.717, 1.165) is 23.0 Å². The minimum atomic E-state index is -4.21. The summed E-state index contributed by atoms with van der Waals surface area (Å²) >= 11 is 0. The smallest absolute Gasteiger partial charge is 0.393 e. The molecular weight excluding hydrogens is 497 g/mol. The summed E-state index contributed by atoms with van der Waals surface area (Å²) in [4.78, 5) is 26.8. The number of nitrogens with one attached hydrogen (secondary N) is 1. The normalized spacial score (nSPS) is 23.3. The highest BCUT2D eigenvalue weighted by Gasteiger charge is 2.32. The van der Waals surface area contributed by atoms with E-state index in [0.29, 0.717) is 74.8 Å². The molecule has 0 radical (unpaired) electrons. The van der Waals surface area contributed by atoms with E-state index in [1.807, 2.05) is 23.1 Å². The van der Waals surface area contributed by atoms with E-state index in [4.69, 9.17) is 4.98 Å². The molecule has 38 heavy (non-hydrogen) atoms. The molecule has 1 aromatic carbocycles. The number of rotatable bonds is 6. The van der Waals surface area contributed by atoms with Gasteiger partial charge in [0.2, 0.25) is 5.95 Å². The largest absolute Gasteiger partial charge is 0.401 e. The number of hydrogen-bond donors (Lipinski definition) is 2. The zero-order valence-corrected chi connectivity index (χ0v) is 21.3. The maximum Gasteiger partial charge on any atom is 0.401 e. The van der Waals surface area contributed by atoms with Gasteiger partial charge >= 0.3 is 6.18 Å². The molecule has 1 saturated heterocycles. The average Bonchev–Trinajstić information content (AvgIpc) is 3.73. The van der Waals surface area contributed by atoms with Gasteiger partial charge in [-0.3, -0.25) is 14.3 Å². The van der Waals surface area contributed by atoms with Crippen LogP contribution in [0.4, 0.5) is 24.8 Å². The molecule has 3 aliphatic rings. The summed E-state index contributed by atoms with van der Waals surface area (Å²) in [5.41, 5.74) is 1.30. The zero-order chi connectivity index (χ0) is 26.4. The molecule has 0 amide bonds. The molecule has 2 aliphatic carbocycles. The van der Waals surface area contributed by atoms with Crippen molar-refractivity contribution in [2.45, 2.75) is 56.8 Å². The van der Waals surface area contributed by atoms with Gasteiger partial charge in [-0.25, -0.2) is 4.98 Å². The summed E-state index contributed by atoms with van der Waals surface area (Å²) in [5.74, 6) is 1.17. The first-order valence-electron chi connectivity index (χ1n) is 13.6. The molecule has 0 atom stereocenters. The van der Waals surface area contributed by atoms with E-state index in [9.17, 15) is 23.1 Å². The second-order valence-corrected chi connectivity index (χ2v) is 11.0. The number of aliphatic hydroxyl groups excluding tert-OH is 1. The number of piperazine rings is 1. The van der Waals surface area contributed by atoms with Crippen molar-refractivity contribution in [1.29, 1.82) is 0 Å². The van der Waals surface area contributed by atoms with Crippen molar-refractivity contribution in [3.05, 3.63) is 34.7 Å². The molecule has 3 fully saturated rings. The Kier molecular flexibility index (Phi) is 6.67. The third-order valence-electron chi connectivity index (χ3n) is 8.16. The van der Waals surface area contributed by atoms with Crippen molar-refractivity contribution in [3.8, 4) is 0 Å². The fourth-order valence-electron chi connectivity index (χ4n) is 5.83. The summed E-state index contributed by atoms with van der Waals surface area (Å²) in [6, 6.07) is 5.63. The number of benzene rings is 1. The minimum absolute atomic E-state index is 0.0708. The molecule has 8 nitrogen and oxygen atoms in total. The zero-order valence-electron chi connectivity index (χ0n) is 21.3. The van der Waals surface area contributed by atoms with Crippen molar-refractivity contribution in [2.75, 3.05) is 49.5 Å². The fourth-order valence-corrected chi connectivity index (χ4v) is 5.83. The predicted molar refractivity (Wildman–Crippen MR) is 141 cm³/mol. The molecule has 0 spiro atoms. The lowest BCUT2D eigenvalue weighted by molar-refractivity contribution is -0.146. The van der Waals surface area contributed by atoms with Gasteiger partial charge in [-0.1, -0.05) is 6.07 Å². The molecule has 1 aliphatic heterocycles. The molecule has 2 N–H and O–H groups in total. The Labute approximate surface area is 218 Å². The number of halogens is 3. The summed E-state index contributed by atoms with van der Waals surface area (Å²) in [7, 11) is 0. The van der Waals surface area contributed by atoms with E-state index in [-0.39, 0.29) is 17.7 Å². The molecule has 2 aromatic heterocycles. The molecule has 0 unspecified atom stereocenters. The van der Waals surface area contributed by atoms with Crippen LogP contribution < -0.4 is 15.8 Å². The first-order valence-corrected chi connectivity index (χ1v) is 13.6. The Morgan fingerprint density at radius 2 is 1.71 bits per heavy atom. The number of fused-ring (bicyclic) bond motifs is 3. The Balaban J connectivity index is 1.37. The Hall–Kier alpha value is -2.92. The van der Waals surface area contributed by atoms with Gasteiger partial charge in [-0.15, -0.1) is 0 Å². The predicted octanol–water partition coefficient (Wildman–Crippen LogP) is 3.93. The second kappa shape index (κ2) is 10.00. The van der Waals surface area contributed by atoms with Crippen LogP contribution in [0.15, 0.2) is 29.2 Å². The van der Waals surface area contributed by atoms with Crippen molar-refractivity contribution in [1.82, 2.24) is 19.4 Å². The molecule has 0 bridgehead atoms. The molecular formula is C27H33F3N6O2. The monoisotopic (exact) mass is 530 g/mol. The Bertz CT molecular complexity index is 1370. The third-order valence-corrected chi connectivity index (χ3v) is 8.16. The lowest BCUT2D eigenvalue weighted by Crippen LogP contribution is -2.49. The number of pyridine rings is 1. The number of nitrogens with zero attached hydrogens (tertiary/aromatic N) is 5. The molecule has 204 valence electrons. The van der Waals surface area contributed by atoms with Crippen LogP contribution >= 0.6 is 0 Å². The Morgan fingerprint density at radius 1 is 0.974 bits per heavy atom. The number of hydrogen-bond acceptors (Lipinski definition) is 7. The maximum absolute atomic E-state index is 14.0. The SMILES string of the molecule is O=c1c2cc(N3CCN(CC(F)(F)F)CC3)ccc2c2cnc(NCC3CC3)nc2n1[C@H]1CC[C@H](O)CC1. The number of alkyl halides is 3. The lowest BCUT2D eigenvalue weighted by Gasteiger charge is -2.36. The van der Waals surface area contributed by atoms with Crippen molar-refractivity contribution in [2.24, 2.45) is 5.92 Å². The first-order chi connectivity index (χ1) is 18.2. The number of aliphatic hydroxyl groups is 1. The van der Waals surface area contributed by atoms with E-state index in [1.165, 1.54) is 17.7 Å². The average molecular weight is 531 g/mol. The molecule has 11 heteroatoms. The van der Waals surface area contributed by atoms with E-state index in [1.54, 1.807) is 10.8 Å². The van der Waals surface area contributed by atoms with Crippen molar-refractivity contribution < 1.29 is 18.3 Å². The Morgan fingerprint density at radius 3 is 2.39 bits per heavy atom. The molecule has 3 aromatic rings. The van der Waals surface area contributed by atoms with Gasteiger partial charge in [0.25, 0.3) is 5.56 Å². The summed E-state index contributed by atoms with van der Waals surface area (Å²) in [5, 5.41) is 15.5. The molecule has 3 heterocycles. The van der Waals surface area contributed by atoms with Crippen molar-refractivity contribution in [3.63, 3.8) is 0 Å². The van der Waals surface area contributed by atoms with Gasteiger partial charge < -0.3 is 15.3 Å². The van der Waals surface area contributed by atoms with E-state index >= 15 is 0 Å². The highest BCUT2D eigenvalue weighted by Crippen LogP contribution is 2.34. The van der Waals surface area contributed by atoms with Crippen molar-refractivity contribution >= 4 is 33.4 Å². The van der Waals surface area contributed by atoms with Crippen LogP contribution in [0.5, 0.6) is 0 Å². The van der Waals surface area contributed by atoms with Crippen LogP contribution in [0.25, 0.3) is 21.8 Å². The highest BCUT2D eigenvalue weighted by molar-refractivity contribution is 6.05. The van der Waals surface area contributed by atoms with Gasteiger partial charge in [-0.05, 0) is 62.0 Å². The lowest BCUT2D eigenvalue weighted by atomic mass is 9.92. The van der Waals surface area contributed by atoms with Crippen LogP contribution in [-0.4, -0.2) is 76.1 Å². The van der Waals surface area contributed by atoms with Crippen LogP contribution in [0.2, 0.25) is 0 Å². The number of aromatic nitrogens is 3. The van der Waals surface area contributed by atoms with Gasteiger partial charge in [0.15, 0.2) is 0 Å². The van der Waals surface area contributed by atoms with Gasteiger partial charge in [0, 0.05) is 56.0 Å². The molecule has 2 saturated carbocycles. The quantitative estimate of drug-likeness (QED) is 0.467. The maximum atomic E-state index is 14.0. The first kappa shape index (κ1) is 25.4. The third kappa shape index (κ3) is 5.31. The van der Waals surface area contributed by atoms with Gasteiger partial charge in [0.05, 0.1) is 18.0 Å².